The minimum absolute atomic E-state index is 0.00159. The lowest BCUT2D eigenvalue weighted by molar-refractivity contribution is -0.161. The Morgan fingerprint density at radius 2 is 1.53 bits per heavy atom. The van der Waals surface area contributed by atoms with Crippen LogP contribution in [0, 0.1) is 23.7 Å². The predicted molar refractivity (Wildman–Crippen MR) is 223 cm³/mol. The Bertz CT molecular complexity index is 1670. The summed E-state index contributed by atoms with van der Waals surface area (Å²) < 4.78 is 22.6. The standard InChI is InChI=1S/C44H69N5O11/c1-24(2)21-31-40(53)49-20-14-15-32(49)41(54)48(12)33(23-29-16-18-30(57-13)19-17-29)42(55)58-28(8)36(47-43(56)60-44(9,10)11)38(51)46-35(25(3)4)27(7)22-34(50)59-37(26(5)6)39(52)45-31/h16-19,24-28,31-33,35-37H,14-15,20-23H2,1-13H3,(H,45,52)(H,46,51)(H,47,56)/t27-,28+,31-,32-,33-,35+,36-,37-/m0/s1. The highest BCUT2D eigenvalue weighted by Gasteiger charge is 2.44. The van der Waals surface area contributed by atoms with E-state index >= 15 is 0 Å². The van der Waals surface area contributed by atoms with Gasteiger partial charge in [0.2, 0.25) is 17.7 Å². The number of hydrogen-bond acceptors (Lipinski definition) is 11. The number of alkyl carbamates (subject to hydrolysis) is 1. The molecule has 8 atom stereocenters. The smallest absolute Gasteiger partial charge is 0.408 e. The zero-order valence-corrected chi connectivity index (χ0v) is 37.8. The second-order valence-corrected chi connectivity index (χ2v) is 18.3. The van der Waals surface area contributed by atoms with Crippen LogP contribution in [0.4, 0.5) is 4.79 Å². The first-order chi connectivity index (χ1) is 27.9. The second kappa shape index (κ2) is 21.6. The van der Waals surface area contributed by atoms with E-state index in [1.807, 2.05) is 27.7 Å². The molecule has 0 spiro atoms. The minimum atomic E-state index is -1.48. The fourth-order valence-electron chi connectivity index (χ4n) is 7.64. The molecule has 2 fully saturated rings. The number of fused-ring (bicyclic) bond motifs is 1. The molecule has 60 heavy (non-hydrogen) atoms. The number of carbonyl (C=O) groups excluding carboxylic acids is 7. The van der Waals surface area contributed by atoms with Crippen molar-refractivity contribution in [2.45, 2.75) is 156 Å². The van der Waals surface area contributed by atoms with Crippen LogP contribution >= 0.6 is 0 Å². The van der Waals surface area contributed by atoms with Crippen LogP contribution in [-0.2, 0) is 49.4 Å². The van der Waals surface area contributed by atoms with Gasteiger partial charge in [-0.1, -0.05) is 60.6 Å². The van der Waals surface area contributed by atoms with Crippen molar-refractivity contribution in [3.8, 4) is 5.75 Å². The highest BCUT2D eigenvalue weighted by atomic mass is 16.6. The van der Waals surface area contributed by atoms with E-state index < -0.39 is 102 Å². The molecule has 0 aromatic heterocycles. The fraction of sp³-hybridized carbons (Fsp3) is 0.705. The Morgan fingerprint density at radius 1 is 0.900 bits per heavy atom. The molecular formula is C44H69N5O11. The number of cyclic esters (lactones) is 2. The third-order valence-corrected chi connectivity index (χ3v) is 10.8. The molecule has 0 unspecified atom stereocenters. The van der Waals surface area contributed by atoms with Gasteiger partial charge in [-0.05, 0) is 88.3 Å². The van der Waals surface area contributed by atoms with Crippen LogP contribution in [0.15, 0.2) is 24.3 Å². The Morgan fingerprint density at radius 3 is 2.08 bits per heavy atom. The normalized spacial score (nSPS) is 27.1. The minimum Gasteiger partial charge on any atom is -0.497 e. The summed E-state index contributed by atoms with van der Waals surface area (Å²) in [6.45, 7) is 19.4. The zero-order valence-electron chi connectivity index (χ0n) is 37.8. The molecule has 0 bridgehead atoms. The molecule has 3 rings (SSSR count). The summed E-state index contributed by atoms with van der Waals surface area (Å²) in [7, 11) is 2.99. The monoisotopic (exact) mass is 843 g/mol. The van der Waals surface area contributed by atoms with Gasteiger partial charge in [-0.2, -0.15) is 0 Å². The van der Waals surface area contributed by atoms with Crippen LogP contribution in [0.25, 0.3) is 0 Å². The maximum atomic E-state index is 14.5. The van der Waals surface area contributed by atoms with Crippen molar-refractivity contribution in [3.05, 3.63) is 29.8 Å². The lowest BCUT2D eigenvalue weighted by Crippen LogP contribution is -2.59. The number of rotatable bonds is 8. The SMILES string of the molecule is COc1ccc(C[C@H]2C(=O)O[C@H](C)[C@H](NC(=O)OC(C)(C)C)C(=O)N[C@H](C(C)C)[C@@H](C)CC(=O)O[C@@H](C(C)C)C(=O)N[C@@H](CC(C)C)C(=O)N3CCC[C@H]3C(=O)N2C)cc1. The van der Waals surface area contributed by atoms with Gasteiger partial charge in [0.15, 0.2) is 6.10 Å². The first-order valence-electron chi connectivity index (χ1n) is 21.1. The summed E-state index contributed by atoms with van der Waals surface area (Å²) in [5, 5.41) is 8.36. The molecule has 3 N–H and O–H groups in total. The average Bonchev–Trinajstić information content (AvgIpc) is 3.64. The van der Waals surface area contributed by atoms with E-state index in [2.05, 4.69) is 16.0 Å². The van der Waals surface area contributed by atoms with Gasteiger partial charge in [0.05, 0.1) is 13.5 Å². The van der Waals surface area contributed by atoms with E-state index in [-0.39, 0.29) is 37.6 Å². The maximum absolute atomic E-state index is 14.5. The van der Waals surface area contributed by atoms with Crippen molar-refractivity contribution >= 4 is 41.7 Å². The Kier molecular flexibility index (Phi) is 17.8. The summed E-state index contributed by atoms with van der Waals surface area (Å²) in [5.74, 6) is -4.54. The molecule has 0 aliphatic carbocycles. The number of esters is 2. The van der Waals surface area contributed by atoms with Crippen molar-refractivity contribution in [2.75, 3.05) is 20.7 Å². The molecule has 0 saturated carbocycles. The molecular weight excluding hydrogens is 775 g/mol. The lowest BCUT2D eigenvalue weighted by atomic mass is 9.89. The number of hydrogen-bond donors (Lipinski definition) is 3. The first kappa shape index (κ1) is 49.5. The number of methoxy groups -OCH3 is 1. The number of carbonyl (C=O) groups is 7. The van der Waals surface area contributed by atoms with Crippen LogP contribution < -0.4 is 20.7 Å². The van der Waals surface area contributed by atoms with Crippen molar-refractivity contribution in [3.63, 3.8) is 0 Å². The van der Waals surface area contributed by atoms with Crippen molar-refractivity contribution in [1.82, 2.24) is 25.8 Å². The molecule has 16 heteroatoms. The Labute approximate surface area is 355 Å². The lowest BCUT2D eigenvalue weighted by Gasteiger charge is -2.35. The predicted octanol–water partition coefficient (Wildman–Crippen LogP) is 4.16. The number of benzene rings is 1. The van der Waals surface area contributed by atoms with Crippen molar-refractivity contribution in [2.24, 2.45) is 23.7 Å². The topological polar surface area (TPSA) is 199 Å². The summed E-state index contributed by atoms with van der Waals surface area (Å²) in [4.78, 5) is 101. The summed E-state index contributed by atoms with van der Waals surface area (Å²) in [6, 6.07) is 1.59. The maximum Gasteiger partial charge on any atom is 0.408 e. The molecule has 336 valence electrons. The van der Waals surface area contributed by atoms with Crippen LogP contribution in [0.1, 0.15) is 107 Å². The highest BCUT2D eigenvalue weighted by molar-refractivity contribution is 5.95. The Hall–Kier alpha value is -4.89. The molecule has 2 aliphatic rings. The number of nitrogens with zero attached hydrogens (tertiary/aromatic N) is 2. The molecule has 2 heterocycles. The summed E-state index contributed by atoms with van der Waals surface area (Å²) in [6.07, 6.45) is -2.58. The van der Waals surface area contributed by atoms with Crippen LogP contribution in [0.5, 0.6) is 5.75 Å². The largest absolute Gasteiger partial charge is 0.497 e. The van der Waals surface area contributed by atoms with Crippen LogP contribution in [0.2, 0.25) is 0 Å². The van der Waals surface area contributed by atoms with Gasteiger partial charge in [0, 0.05) is 26.1 Å². The molecule has 1 aromatic carbocycles. The van der Waals surface area contributed by atoms with Crippen LogP contribution in [0.3, 0.4) is 0 Å². The molecule has 0 radical (unpaired) electrons. The second-order valence-electron chi connectivity index (χ2n) is 18.3. The van der Waals surface area contributed by atoms with E-state index in [9.17, 15) is 33.6 Å². The first-order valence-corrected chi connectivity index (χ1v) is 21.1. The van der Waals surface area contributed by atoms with Crippen molar-refractivity contribution < 1.29 is 52.5 Å². The van der Waals surface area contributed by atoms with Gasteiger partial charge < -0.3 is 44.7 Å². The van der Waals surface area contributed by atoms with E-state index in [1.165, 1.54) is 30.9 Å². The van der Waals surface area contributed by atoms with E-state index in [1.54, 1.807) is 65.8 Å². The molecule has 2 saturated heterocycles. The number of likely N-dealkylation sites (N-methyl/N-ethyl adjacent to an activating group) is 1. The average molecular weight is 844 g/mol. The van der Waals surface area contributed by atoms with Gasteiger partial charge in [0.1, 0.15) is 41.6 Å². The molecule has 2 aliphatic heterocycles. The van der Waals surface area contributed by atoms with Crippen LogP contribution in [-0.4, -0.2) is 120 Å². The van der Waals surface area contributed by atoms with E-state index in [0.29, 0.717) is 24.2 Å². The molecule has 5 amide bonds. The zero-order chi connectivity index (χ0) is 45.2. The number of nitrogens with one attached hydrogen (secondary N) is 3. The van der Waals surface area contributed by atoms with Gasteiger partial charge >= 0.3 is 18.0 Å². The fourth-order valence-corrected chi connectivity index (χ4v) is 7.64. The molecule has 16 nitrogen and oxygen atoms in total. The summed E-state index contributed by atoms with van der Waals surface area (Å²) in [5.41, 5.74) is -0.260. The third-order valence-electron chi connectivity index (χ3n) is 10.8. The molecule has 1 aromatic rings. The van der Waals surface area contributed by atoms with Gasteiger partial charge in [-0.25, -0.2) is 9.59 Å². The van der Waals surface area contributed by atoms with Crippen molar-refractivity contribution in [1.29, 1.82) is 0 Å². The Balaban J connectivity index is 2.18. The summed E-state index contributed by atoms with van der Waals surface area (Å²) >= 11 is 0. The van der Waals surface area contributed by atoms with E-state index in [0.717, 1.165) is 0 Å². The third kappa shape index (κ3) is 13.8. The quantitative estimate of drug-likeness (QED) is 0.251. The number of amides is 5. The number of ether oxygens (including phenoxy) is 4. The van der Waals surface area contributed by atoms with Gasteiger partial charge in [0.25, 0.3) is 5.91 Å². The highest BCUT2D eigenvalue weighted by Crippen LogP contribution is 2.26. The van der Waals surface area contributed by atoms with Gasteiger partial charge in [-0.3, -0.25) is 24.0 Å². The van der Waals surface area contributed by atoms with Gasteiger partial charge in [-0.15, -0.1) is 0 Å². The van der Waals surface area contributed by atoms with E-state index in [4.69, 9.17) is 18.9 Å².